The number of H-pyrrole nitrogens is 1. The van der Waals surface area contributed by atoms with E-state index in [4.69, 9.17) is 0 Å². The second-order valence-corrected chi connectivity index (χ2v) is 6.77. The van der Waals surface area contributed by atoms with E-state index in [0.29, 0.717) is 12.8 Å². The van der Waals surface area contributed by atoms with Crippen LogP contribution in [0.25, 0.3) is 0 Å². The van der Waals surface area contributed by atoms with E-state index >= 15 is 0 Å². The predicted octanol–water partition coefficient (Wildman–Crippen LogP) is 0.348. The summed E-state index contributed by atoms with van der Waals surface area (Å²) in [6, 6.07) is 2.40. The van der Waals surface area contributed by atoms with Crippen LogP contribution in [-0.2, 0) is 10.0 Å². The minimum atomic E-state index is -3.69. The van der Waals surface area contributed by atoms with E-state index in [-0.39, 0.29) is 17.0 Å². The quantitative estimate of drug-likeness (QED) is 0.743. The molecule has 3 N–H and O–H groups in total. The van der Waals surface area contributed by atoms with Gasteiger partial charge in [0.2, 0.25) is 15.6 Å². The highest BCUT2D eigenvalue weighted by Gasteiger charge is 2.30. The summed E-state index contributed by atoms with van der Waals surface area (Å²) >= 11 is 0. The molecule has 0 aliphatic heterocycles. The number of pyridine rings is 1. The molecule has 1 aromatic rings. The molecule has 1 aromatic heterocycles. The molecule has 1 fully saturated rings. The van der Waals surface area contributed by atoms with Crippen LogP contribution >= 0.6 is 0 Å². The monoisotopic (exact) mass is 286 g/mol. The van der Waals surface area contributed by atoms with Gasteiger partial charge in [0.05, 0.1) is 10.5 Å². The highest BCUT2D eigenvalue weighted by molar-refractivity contribution is 7.89. The largest absolute Gasteiger partial charge is 0.389 e. The summed E-state index contributed by atoms with van der Waals surface area (Å²) in [5.41, 5.74) is -1.31. The molecule has 1 heterocycles. The molecule has 0 saturated heterocycles. The smallest absolute Gasteiger partial charge is 0.247 e. The van der Waals surface area contributed by atoms with Crippen molar-refractivity contribution in [3.8, 4) is 0 Å². The van der Waals surface area contributed by atoms with Gasteiger partial charge < -0.3 is 10.1 Å². The van der Waals surface area contributed by atoms with Crippen molar-refractivity contribution in [3.05, 3.63) is 28.7 Å². The maximum Gasteiger partial charge on any atom is 0.247 e. The van der Waals surface area contributed by atoms with E-state index in [2.05, 4.69) is 9.71 Å². The first-order valence-corrected chi connectivity index (χ1v) is 7.80. The van der Waals surface area contributed by atoms with Crippen LogP contribution in [0.15, 0.2) is 28.0 Å². The molecule has 1 aliphatic carbocycles. The van der Waals surface area contributed by atoms with Gasteiger partial charge in [0.1, 0.15) is 0 Å². The molecule has 0 bridgehead atoms. The van der Waals surface area contributed by atoms with Crippen molar-refractivity contribution in [1.29, 1.82) is 0 Å². The zero-order valence-corrected chi connectivity index (χ0v) is 11.4. The van der Waals surface area contributed by atoms with Gasteiger partial charge in [-0.05, 0) is 18.9 Å². The number of aromatic nitrogens is 1. The van der Waals surface area contributed by atoms with Gasteiger partial charge in [-0.1, -0.05) is 19.3 Å². The molecule has 6 nitrogen and oxygen atoms in total. The third-order valence-corrected chi connectivity index (χ3v) is 4.84. The van der Waals surface area contributed by atoms with Crippen molar-refractivity contribution >= 4 is 10.0 Å². The highest BCUT2D eigenvalue weighted by atomic mass is 32.2. The van der Waals surface area contributed by atoms with Crippen molar-refractivity contribution in [3.63, 3.8) is 0 Å². The number of aromatic amines is 1. The first-order valence-electron chi connectivity index (χ1n) is 6.32. The first-order chi connectivity index (χ1) is 8.91. The van der Waals surface area contributed by atoms with Gasteiger partial charge in [0.25, 0.3) is 0 Å². The Labute approximate surface area is 111 Å². The molecule has 0 aromatic carbocycles. The standard InChI is InChI=1S/C12H18N2O4S/c15-11-5-4-10(8-13-11)19(17,18)14-9-12(16)6-2-1-3-7-12/h4-5,8,14,16H,1-3,6-7,9H2,(H,13,15). The molecular formula is C12H18N2O4S. The molecule has 0 unspecified atom stereocenters. The van der Waals surface area contributed by atoms with E-state index in [1.165, 1.54) is 6.07 Å². The van der Waals surface area contributed by atoms with Gasteiger partial charge in [-0.3, -0.25) is 4.79 Å². The second kappa shape index (κ2) is 5.44. The third kappa shape index (κ3) is 3.65. The summed E-state index contributed by atoms with van der Waals surface area (Å²) in [5.74, 6) is 0. The summed E-state index contributed by atoms with van der Waals surface area (Å²) in [6.45, 7) is 0.00839. The van der Waals surface area contributed by atoms with Gasteiger partial charge >= 0.3 is 0 Å². The summed E-state index contributed by atoms with van der Waals surface area (Å²) in [5, 5.41) is 10.2. The fourth-order valence-electron chi connectivity index (χ4n) is 2.26. The lowest BCUT2D eigenvalue weighted by atomic mass is 9.85. The molecule has 0 radical (unpaired) electrons. The van der Waals surface area contributed by atoms with Gasteiger partial charge in [-0.25, -0.2) is 13.1 Å². The van der Waals surface area contributed by atoms with E-state index < -0.39 is 15.6 Å². The van der Waals surface area contributed by atoms with Crippen LogP contribution in [0, 0.1) is 0 Å². The van der Waals surface area contributed by atoms with Gasteiger partial charge in [0, 0.05) is 18.8 Å². The Hall–Kier alpha value is -1.18. The van der Waals surface area contributed by atoms with Crippen molar-refractivity contribution in [1.82, 2.24) is 9.71 Å². The molecule has 7 heteroatoms. The summed E-state index contributed by atoms with van der Waals surface area (Å²) < 4.78 is 26.4. The Balaban J connectivity index is 2.05. The second-order valence-electron chi connectivity index (χ2n) is 5.00. The minimum absolute atomic E-state index is 0.00786. The van der Waals surface area contributed by atoms with E-state index in [0.717, 1.165) is 31.5 Å². The topological polar surface area (TPSA) is 99.3 Å². The Morgan fingerprint density at radius 1 is 1.26 bits per heavy atom. The zero-order chi connectivity index (χ0) is 13.9. The number of sulfonamides is 1. The number of hydrogen-bond acceptors (Lipinski definition) is 4. The molecule has 106 valence electrons. The van der Waals surface area contributed by atoms with Gasteiger partial charge in [-0.2, -0.15) is 0 Å². The fraction of sp³-hybridized carbons (Fsp3) is 0.583. The average molecular weight is 286 g/mol. The first kappa shape index (κ1) is 14.2. The number of hydrogen-bond donors (Lipinski definition) is 3. The predicted molar refractivity (Wildman–Crippen MR) is 70.3 cm³/mol. The van der Waals surface area contributed by atoms with Crippen LogP contribution in [0.5, 0.6) is 0 Å². The maximum atomic E-state index is 12.0. The van der Waals surface area contributed by atoms with Gasteiger partial charge in [0.15, 0.2) is 0 Å². The van der Waals surface area contributed by atoms with Crippen molar-refractivity contribution < 1.29 is 13.5 Å². The molecule has 0 amide bonds. The minimum Gasteiger partial charge on any atom is -0.389 e. The highest BCUT2D eigenvalue weighted by Crippen LogP contribution is 2.27. The number of nitrogens with one attached hydrogen (secondary N) is 2. The van der Waals surface area contributed by atoms with Crippen LogP contribution in [0.1, 0.15) is 32.1 Å². The zero-order valence-electron chi connectivity index (χ0n) is 10.6. The van der Waals surface area contributed by atoms with E-state index in [9.17, 15) is 18.3 Å². The van der Waals surface area contributed by atoms with Crippen molar-refractivity contribution in [2.24, 2.45) is 0 Å². The molecule has 1 aliphatic rings. The Bertz CT molecular complexity index is 567. The van der Waals surface area contributed by atoms with Crippen molar-refractivity contribution in [2.45, 2.75) is 42.6 Å². The van der Waals surface area contributed by atoms with Crippen LogP contribution in [0.2, 0.25) is 0 Å². The lowest BCUT2D eigenvalue weighted by molar-refractivity contribution is 0.00945. The molecule has 2 rings (SSSR count). The average Bonchev–Trinajstić information content (AvgIpc) is 2.38. The Kier molecular flexibility index (Phi) is 4.07. The van der Waals surface area contributed by atoms with Crippen LogP contribution in [-0.4, -0.2) is 30.7 Å². The lowest BCUT2D eigenvalue weighted by Crippen LogP contribution is -2.44. The molecule has 1 saturated carbocycles. The molecular weight excluding hydrogens is 268 g/mol. The maximum absolute atomic E-state index is 12.0. The summed E-state index contributed by atoms with van der Waals surface area (Å²) in [4.78, 5) is 13.2. The van der Waals surface area contributed by atoms with Crippen LogP contribution in [0.4, 0.5) is 0 Å². The lowest BCUT2D eigenvalue weighted by Gasteiger charge is -2.31. The van der Waals surface area contributed by atoms with Crippen LogP contribution < -0.4 is 10.3 Å². The van der Waals surface area contributed by atoms with E-state index in [1.807, 2.05) is 0 Å². The SMILES string of the molecule is O=c1ccc(S(=O)(=O)NCC2(O)CCCCC2)c[nH]1. The number of rotatable bonds is 4. The number of aliphatic hydroxyl groups is 1. The van der Waals surface area contributed by atoms with Gasteiger partial charge in [-0.15, -0.1) is 0 Å². The normalized spacial score (nSPS) is 19.2. The third-order valence-electron chi connectivity index (χ3n) is 3.44. The molecule has 0 spiro atoms. The van der Waals surface area contributed by atoms with E-state index in [1.54, 1.807) is 0 Å². The summed E-state index contributed by atoms with van der Waals surface area (Å²) in [7, 11) is -3.69. The molecule has 19 heavy (non-hydrogen) atoms. The Morgan fingerprint density at radius 3 is 2.53 bits per heavy atom. The van der Waals surface area contributed by atoms with Crippen LogP contribution in [0.3, 0.4) is 0 Å². The Morgan fingerprint density at radius 2 is 1.95 bits per heavy atom. The van der Waals surface area contributed by atoms with Crippen molar-refractivity contribution in [2.75, 3.05) is 6.54 Å². The molecule has 0 atom stereocenters. The fourth-order valence-corrected chi connectivity index (χ4v) is 3.35. The summed E-state index contributed by atoms with van der Waals surface area (Å²) in [6.07, 6.45) is 5.28.